The Morgan fingerprint density at radius 1 is 0.360 bits per heavy atom. The van der Waals surface area contributed by atoms with Crippen molar-refractivity contribution in [2.24, 2.45) is 81.8 Å². The SMILES string of the molecule is CCCOC(C)C(C)C.CCOC(C)(C)C.CCOC1CC2CCC1(C)C2(C)C.CCOC1CC2CCC1C2.CCOC1CCCC1.CCOC1CCCCC1.CCOCC1CC2CCC1C2.CCOCC1CCCCC1.CCOCCC1CC2CCC1C2.CCOCCC1CCCCC1.CCOCCc1ccccc1.CCOCc1ccccc1.CCOc1ccccc1.COC(C)(C)C. The smallest absolute Gasteiger partial charge is 0.119 e. The van der Waals surface area contributed by atoms with E-state index in [0.717, 1.165) is 209 Å². The van der Waals surface area contributed by atoms with Crippen molar-refractivity contribution in [1.29, 1.82) is 0 Å². The molecule has 0 spiro atoms. The lowest BCUT2D eigenvalue weighted by atomic mass is 9.70. The van der Waals surface area contributed by atoms with Gasteiger partial charge in [0.15, 0.2) is 0 Å². The third-order valence-corrected chi connectivity index (χ3v) is 30.5. The van der Waals surface area contributed by atoms with Gasteiger partial charge >= 0.3 is 0 Å². The molecular formula is C122H224O14. The summed E-state index contributed by atoms with van der Waals surface area (Å²) >= 11 is 0. The molecule has 136 heavy (non-hydrogen) atoms. The topological polar surface area (TPSA) is 129 Å². The summed E-state index contributed by atoms with van der Waals surface area (Å²) in [4.78, 5) is 0. The molecule has 14 heteroatoms. The number of ether oxygens (including phenoxy) is 14. The molecule has 3 aromatic rings. The lowest BCUT2D eigenvalue weighted by Gasteiger charge is -2.38. The van der Waals surface area contributed by atoms with Crippen LogP contribution in [0.15, 0.2) is 91.0 Å². The van der Waals surface area contributed by atoms with Crippen molar-refractivity contribution in [3.63, 3.8) is 0 Å². The van der Waals surface area contributed by atoms with Crippen LogP contribution in [0.3, 0.4) is 0 Å². The molecule has 15 rings (SSSR count). The van der Waals surface area contributed by atoms with E-state index in [2.05, 4.69) is 161 Å². The molecule has 12 fully saturated rings. The molecule has 0 aliphatic heterocycles. The Bertz CT molecular complexity index is 3030. The monoisotopic (exact) mass is 1910 g/mol. The number of hydrogen-bond donors (Lipinski definition) is 0. The number of methoxy groups -OCH3 is 1. The average molecular weight is 1920 g/mol. The molecule has 12 saturated carbocycles. The molecule has 796 valence electrons. The molecule has 13 atom stereocenters. The summed E-state index contributed by atoms with van der Waals surface area (Å²) in [6, 6.07) is 30.4. The van der Waals surface area contributed by atoms with Gasteiger partial charge in [0, 0.05) is 113 Å². The van der Waals surface area contributed by atoms with Crippen LogP contribution < -0.4 is 4.74 Å². The zero-order valence-corrected chi connectivity index (χ0v) is 94.0. The Kier molecular flexibility index (Phi) is 77.0. The molecule has 0 saturated heterocycles. The van der Waals surface area contributed by atoms with Gasteiger partial charge in [-0.2, -0.15) is 0 Å². The van der Waals surface area contributed by atoms with E-state index in [1.807, 2.05) is 103 Å². The third kappa shape index (κ3) is 60.6. The van der Waals surface area contributed by atoms with Crippen LogP contribution in [-0.2, 0) is 74.6 Å². The van der Waals surface area contributed by atoms with Gasteiger partial charge in [-0.05, 0) is 384 Å². The van der Waals surface area contributed by atoms with Crippen LogP contribution in [0, 0.1) is 81.8 Å². The lowest BCUT2D eigenvalue weighted by molar-refractivity contribution is -0.0413. The molecule has 0 radical (unpaired) electrons. The van der Waals surface area contributed by atoms with Gasteiger partial charge in [-0.3, -0.25) is 0 Å². The number of fused-ring (bicyclic) bond motifs is 8. The molecule has 13 unspecified atom stereocenters. The van der Waals surface area contributed by atoms with Crippen LogP contribution in [0.4, 0.5) is 0 Å². The zero-order chi connectivity index (χ0) is 100. The Labute approximate surface area is 842 Å². The quantitative estimate of drug-likeness (QED) is 0.0512. The summed E-state index contributed by atoms with van der Waals surface area (Å²) in [5.41, 5.74) is 3.64. The van der Waals surface area contributed by atoms with E-state index in [4.69, 9.17) is 66.3 Å². The summed E-state index contributed by atoms with van der Waals surface area (Å²) < 4.78 is 75.3. The fraction of sp³-hybridized carbons (Fsp3) is 0.852. The van der Waals surface area contributed by atoms with Crippen LogP contribution >= 0.6 is 0 Å². The molecule has 12 aliphatic rings. The van der Waals surface area contributed by atoms with Gasteiger partial charge in [-0.1, -0.05) is 217 Å². The average Bonchev–Trinajstić information content (AvgIpc) is 1.56. The first-order valence-electron chi connectivity index (χ1n) is 57.0. The fourth-order valence-corrected chi connectivity index (χ4v) is 21.8. The first-order chi connectivity index (χ1) is 65.5. The minimum absolute atomic E-state index is 0.0417. The van der Waals surface area contributed by atoms with E-state index in [-0.39, 0.29) is 11.2 Å². The van der Waals surface area contributed by atoms with Crippen LogP contribution in [0.5, 0.6) is 5.75 Å². The molecule has 0 N–H and O–H groups in total. The van der Waals surface area contributed by atoms with Gasteiger partial charge in [0.05, 0.1) is 61.5 Å². The van der Waals surface area contributed by atoms with Crippen molar-refractivity contribution in [2.75, 3.05) is 126 Å². The molecule has 14 nitrogen and oxygen atoms in total. The summed E-state index contributed by atoms with van der Waals surface area (Å²) in [7, 11) is 1.71. The largest absolute Gasteiger partial charge is 0.494 e. The van der Waals surface area contributed by atoms with Crippen molar-refractivity contribution >= 4 is 0 Å². The maximum Gasteiger partial charge on any atom is 0.119 e. The van der Waals surface area contributed by atoms with Gasteiger partial charge in [0.1, 0.15) is 5.75 Å². The van der Waals surface area contributed by atoms with Gasteiger partial charge in [0.2, 0.25) is 0 Å². The predicted octanol–water partition coefficient (Wildman–Crippen LogP) is 33.0. The van der Waals surface area contributed by atoms with Gasteiger partial charge < -0.3 is 66.3 Å². The highest BCUT2D eigenvalue weighted by Gasteiger charge is 2.62. The predicted molar refractivity (Wildman–Crippen MR) is 579 cm³/mol. The van der Waals surface area contributed by atoms with Gasteiger partial charge in [-0.15, -0.1) is 0 Å². The van der Waals surface area contributed by atoms with Crippen molar-refractivity contribution in [3.05, 3.63) is 102 Å². The molecule has 3 aromatic carbocycles. The Balaban J connectivity index is 0.000000497. The van der Waals surface area contributed by atoms with Crippen LogP contribution in [0.25, 0.3) is 0 Å². The first-order valence-corrected chi connectivity index (χ1v) is 57.0. The highest BCUT2D eigenvalue weighted by molar-refractivity contribution is 5.21. The molecule has 12 aliphatic carbocycles. The summed E-state index contributed by atoms with van der Waals surface area (Å²) in [6.07, 6.45) is 56.0. The third-order valence-electron chi connectivity index (χ3n) is 30.5. The van der Waals surface area contributed by atoms with E-state index < -0.39 is 0 Å². The van der Waals surface area contributed by atoms with E-state index in [9.17, 15) is 0 Å². The number of benzene rings is 3. The fourth-order valence-electron chi connectivity index (χ4n) is 21.8. The number of hydrogen-bond acceptors (Lipinski definition) is 14. The maximum atomic E-state index is 5.88. The molecular weight excluding hydrogens is 1690 g/mol. The van der Waals surface area contributed by atoms with E-state index in [0.29, 0.717) is 47.3 Å². The van der Waals surface area contributed by atoms with Crippen LogP contribution in [0.2, 0.25) is 0 Å². The Morgan fingerprint density at radius 3 is 1.18 bits per heavy atom. The standard InChI is InChI=1S/C12H22O.C11H20O.C10H18O.C10H20O.C10H14O.C9H16O.C9H18O.C9H12O.C8H16O.C8H10O.C8H18O.C7H14O.C6H14O.C5H12O/c1-5-13-10-8-9-6-7-12(10,4)11(9,2)3;1-2-12-6-5-11-8-9-3-4-10(11)7-9;1-2-11-7-10-6-8-3-4-9(10)5-8;2*1-2-11-9-8-10-6-4-3-5-7-10;1-2-10-9-6-7-3-4-8(9)5-7;2*1-2-10-8-9-6-4-3-5-7-9;2*1-2-9-8-6-4-3-5-7-8;1-5-6-9-8(4)7(2)3;1-2-8-7-5-3-4-6-7;1-5-7-6(2,3)4;1-5(2,3)6-4/h9-10H,5-8H2,1-4H3;9-11H,2-8H2,1H3;8-10H,2-7H2,1H3;10H,2-9H2,1H3;3-7H,2,8-9H2,1H3;7-9H,2-6H2,1H3;9H,2-8H2,1H3;3-7H,2,8H2,1H3;8H,2-7H2,1H3;3-7H,2H2,1H3;7-8H,5-6H2,1-4H3;7H,2-6H2,1H3;5H2,1-4H3;1-4H3. The number of para-hydroxylation sites is 1. The first kappa shape index (κ1) is 129. The normalized spacial score (nSPS) is 24.8. The van der Waals surface area contributed by atoms with Gasteiger partial charge in [-0.25, -0.2) is 0 Å². The zero-order valence-electron chi connectivity index (χ0n) is 94.0. The highest BCUT2D eigenvalue weighted by atomic mass is 16.5. The van der Waals surface area contributed by atoms with Crippen molar-refractivity contribution in [1.82, 2.24) is 0 Å². The maximum absolute atomic E-state index is 5.88. The molecule has 8 bridgehead atoms. The lowest BCUT2D eigenvalue weighted by Crippen LogP contribution is -2.37. The second-order valence-electron chi connectivity index (χ2n) is 43.5. The number of rotatable bonds is 36. The Hall–Kier alpha value is -3.06. The minimum Gasteiger partial charge on any atom is -0.494 e. The van der Waals surface area contributed by atoms with E-state index in [1.165, 1.54) is 242 Å². The molecule has 0 heterocycles. The van der Waals surface area contributed by atoms with Crippen molar-refractivity contribution in [3.8, 4) is 5.75 Å². The van der Waals surface area contributed by atoms with Crippen LogP contribution in [-0.4, -0.2) is 168 Å². The van der Waals surface area contributed by atoms with Gasteiger partial charge in [0.25, 0.3) is 0 Å². The van der Waals surface area contributed by atoms with Crippen LogP contribution in [0.1, 0.15) is 422 Å². The summed E-state index contributed by atoms with van der Waals surface area (Å²) in [5.74, 6) is 12.6. The van der Waals surface area contributed by atoms with Crippen molar-refractivity contribution < 1.29 is 66.3 Å². The van der Waals surface area contributed by atoms with E-state index in [1.54, 1.807) is 7.11 Å². The second-order valence-corrected chi connectivity index (χ2v) is 43.5. The molecule has 0 aromatic heterocycles. The molecule has 0 amide bonds. The second kappa shape index (κ2) is 81.2. The summed E-state index contributed by atoms with van der Waals surface area (Å²) in [5, 5.41) is 0. The Morgan fingerprint density at radius 2 is 0.794 bits per heavy atom. The van der Waals surface area contributed by atoms with Crippen molar-refractivity contribution in [2.45, 2.75) is 465 Å². The van der Waals surface area contributed by atoms with E-state index >= 15 is 0 Å². The minimum atomic E-state index is 0.0417. The summed E-state index contributed by atoms with van der Waals surface area (Å²) in [6.45, 7) is 69.6. The highest BCUT2D eigenvalue weighted by Crippen LogP contribution is 2.66.